The standard InChI is InChI=1S/C25H41N3O5/c1-24(2,3)19-13-18(23(33)20(14-19)25(4,5)6)15-26-7-9-27(16-21(29)30)11-12-28(10-8-26)17-22(31)32/h13-14,33H,7-12,15-17H2,1-6H3,(H,29,30)(H,31,32). The van der Waals surface area contributed by atoms with Gasteiger partial charge in [-0.1, -0.05) is 53.7 Å². The van der Waals surface area contributed by atoms with Crippen LogP contribution in [-0.2, 0) is 27.0 Å². The van der Waals surface area contributed by atoms with E-state index in [1.54, 1.807) is 0 Å². The van der Waals surface area contributed by atoms with Gasteiger partial charge in [0.15, 0.2) is 0 Å². The molecule has 0 bridgehead atoms. The lowest BCUT2D eigenvalue weighted by Crippen LogP contribution is -2.40. The van der Waals surface area contributed by atoms with Crippen molar-refractivity contribution in [3.63, 3.8) is 0 Å². The molecule has 0 amide bonds. The number of hydrogen-bond acceptors (Lipinski definition) is 6. The van der Waals surface area contributed by atoms with Crippen LogP contribution in [0.25, 0.3) is 0 Å². The largest absolute Gasteiger partial charge is 0.507 e. The first-order valence-corrected chi connectivity index (χ1v) is 11.6. The number of phenols is 1. The third-order valence-electron chi connectivity index (χ3n) is 6.17. The van der Waals surface area contributed by atoms with Crippen molar-refractivity contribution >= 4 is 11.9 Å². The first-order valence-electron chi connectivity index (χ1n) is 11.6. The number of carboxylic acids is 2. The number of carboxylic acid groups (broad SMARTS) is 2. The minimum atomic E-state index is -0.893. The van der Waals surface area contributed by atoms with E-state index in [-0.39, 0.29) is 23.9 Å². The molecule has 33 heavy (non-hydrogen) atoms. The molecule has 2 rings (SSSR count). The molecular formula is C25H41N3O5. The number of aliphatic carboxylic acids is 2. The summed E-state index contributed by atoms with van der Waals surface area (Å²) in [5.74, 6) is -1.48. The Morgan fingerprint density at radius 3 is 1.55 bits per heavy atom. The summed E-state index contributed by atoms with van der Waals surface area (Å²) in [4.78, 5) is 28.5. The summed E-state index contributed by atoms with van der Waals surface area (Å²) in [6, 6.07) is 4.17. The molecule has 0 spiro atoms. The summed E-state index contributed by atoms with van der Waals surface area (Å²) in [5.41, 5.74) is 2.62. The first-order chi connectivity index (χ1) is 15.2. The average Bonchev–Trinajstić information content (AvgIpc) is 2.73. The van der Waals surface area contributed by atoms with Gasteiger partial charge in [-0.2, -0.15) is 0 Å². The minimum Gasteiger partial charge on any atom is -0.507 e. The maximum Gasteiger partial charge on any atom is 0.317 e. The zero-order valence-electron chi connectivity index (χ0n) is 21.0. The zero-order chi connectivity index (χ0) is 25.0. The van der Waals surface area contributed by atoms with Crippen LogP contribution in [0.2, 0.25) is 0 Å². The van der Waals surface area contributed by atoms with E-state index >= 15 is 0 Å². The van der Waals surface area contributed by atoms with Crippen molar-refractivity contribution in [2.24, 2.45) is 0 Å². The SMILES string of the molecule is CC(C)(C)c1cc(CN2CCN(CC(=O)O)CCN(CC(=O)O)CC2)c(O)c(C(C)(C)C)c1. The zero-order valence-corrected chi connectivity index (χ0v) is 21.0. The molecule has 0 aliphatic carbocycles. The third-order valence-corrected chi connectivity index (χ3v) is 6.17. The quantitative estimate of drug-likeness (QED) is 0.591. The lowest BCUT2D eigenvalue weighted by molar-refractivity contribution is -0.140. The molecule has 1 aromatic rings. The number of carbonyl (C=O) groups is 2. The molecular weight excluding hydrogens is 422 g/mol. The fourth-order valence-electron chi connectivity index (χ4n) is 4.10. The van der Waals surface area contributed by atoms with Crippen LogP contribution in [0, 0.1) is 0 Å². The lowest BCUT2D eigenvalue weighted by Gasteiger charge is -2.30. The van der Waals surface area contributed by atoms with Gasteiger partial charge in [0, 0.05) is 51.4 Å². The number of nitrogens with zero attached hydrogens (tertiary/aromatic N) is 3. The molecule has 1 heterocycles. The molecule has 186 valence electrons. The van der Waals surface area contributed by atoms with Crippen LogP contribution in [-0.4, -0.2) is 94.3 Å². The van der Waals surface area contributed by atoms with E-state index in [9.17, 15) is 24.9 Å². The molecule has 0 unspecified atom stereocenters. The van der Waals surface area contributed by atoms with Crippen LogP contribution < -0.4 is 0 Å². The van der Waals surface area contributed by atoms with Crippen LogP contribution in [0.15, 0.2) is 12.1 Å². The highest BCUT2D eigenvalue weighted by Crippen LogP contribution is 2.38. The number of benzene rings is 1. The maximum absolute atomic E-state index is 11.3. The minimum absolute atomic E-state index is 0.0757. The van der Waals surface area contributed by atoms with Gasteiger partial charge in [-0.3, -0.25) is 24.3 Å². The molecule has 1 saturated heterocycles. The molecule has 1 fully saturated rings. The number of rotatable bonds is 6. The summed E-state index contributed by atoms with van der Waals surface area (Å²) in [6.07, 6.45) is 0. The second-order valence-electron chi connectivity index (χ2n) is 11.1. The number of phenolic OH excluding ortho intramolecular Hbond substituents is 1. The molecule has 3 N–H and O–H groups in total. The second-order valence-corrected chi connectivity index (χ2v) is 11.1. The average molecular weight is 464 g/mol. The molecule has 8 nitrogen and oxygen atoms in total. The molecule has 0 aromatic heterocycles. The Bertz CT molecular complexity index is 814. The highest BCUT2D eigenvalue weighted by molar-refractivity contribution is 5.69. The second kappa shape index (κ2) is 10.8. The summed E-state index contributed by atoms with van der Waals surface area (Å²) < 4.78 is 0. The van der Waals surface area contributed by atoms with E-state index in [1.165, 1.54) is 0 Å². The molecule has 8 heteroatoms. The number of aromatic hydroxyl groups is 1. The normalized spacial score (nSPS) is 17.9. The van der Waals surface area contributed by atoms with Crippen molar-refractivity contribution in [2.45, 2.75) is 58.9 Å². The van der Waals surface area contributed by atoms with Gasteiger partial charge >= 0.3 is 11.9 Å². The van der Waals surface area contributed by atoms with Gasteiger partial charge in [-0.15, -0.1) is 0 Å². The highest BCUT2D eigenvalue weighted by Gasteiger charge is 2.26. The van der Waals surface area contributed by atoms with E-state index in [4.69, 9.17) is 0 Å². The van der Waals surface area contributed by atoms with E-state index in [1.807, 2.05) is 9.80 Å². The first kappa shape index (κ1) is 27.1. The monoisotopic (exact) mass is 463 g/mol. The topological polar surface area (TPSA) is 105 Å². The van der Waals surface area contributed by atoms with Gasteiger partial charge in [0.1, 0.15) is 5.75 Å². The van der Waals surface area contributed by atoms with Crippen molar-refractivity contribution in [1.29, 1.82) is 0 Å². The Kier molecular flexibility index (Phi) is 8.90. The Morgan fingerprint density at radius 1 is 0.758 bits per heavy atom. The molecule has 0 saturated carbocycles. The van der Waals surface area contributed by atoms with Crippen molar-refractivity contribution in [3.8, 4) is 5.75 Å². The van der Waals surface area contributed by atoms with E-state index in [0.717, 1.165) is 16.7 Å². The molecule has 0 atom stereocenters. The maximum atomic E-state index is 11.3. The van der Waals surface area contributed by atoms with Gasteiger partial charge in [0.25, 0.3) is 0 Å². The smallest absolute Gasteiger partial charge is 0.317 e. The van der Waals surface area contributed by atoms with Gasteiger partial charge < -0.3 is 15.3 Å². The summed E-state index contributed by atoms with van der Waals surface area (Å²) in [7, 11) is 0. The van der Waals surface area contributed by atoms with Crippen molar-refractivity contribution < 1.29 is 24.9 Å². The highest BCUT2D eigenvalue weighted by atomic mass is 16.4. The third kappa shape index (κ3) is 8.28. The predicted molar refractivity (Wildman–Crippen MR) is 129 cm³/mol. The Labute approximate surface area is 197 Å². The predicted octanol–water partition coefficient (Wildman–Crippen LogP) is 2.58. The Balaban J connectivity index is 2.35. The van der Waals surface area contributed by atoms with Gasteiger partial charge in [0.05, 0.1) is 13.1 Å². The van der Waals surface area contributed by atoms with Crippen LogP contribution in [0.3, 0.4) is 0 Å². The van der Waals surface area contributed by atoms with E-state index in [0.29, 0.717) is 51.6 Å². The van der Waals surface area contributed by atoms with Gasteiger partial charge in [-0.25, -0.2) is 0 Å². The van der Waals surface area contributed by atoms with Crippen molar-refractivity contribution in [1.82, 2.24) is 14.7 Å². The van der Waals surface area contributed by atoms with Gasteiger partial charge in [-0.05, 0) is 22.0 Å². The van der Waals surface area contributed by atoms with E-state index < -0.39 is 11.9 Å². The van der Waals surface area contributed by atoms with Gasteiger partial charge in [0.2, 0.25) is 0 Å². The van der Waals surface area contributed by atoms with Crippen LogP contribution in [0.1, 0.15) is 58.2 Å². The summed E-state index contributed by atoms with van der Waals surface area (Å²) in [6.45, 7) is 16.5. The summed E-state index contributed by atoms with van der Waals surface area (Å²) in [5, 5.41) is 29.7. The van der Waals surface area contributed by atoms with Crippen LogP contribution in [0.5, 0.6) is 5.75 Å². The lowest BCUT2D eigenvalue weighted by atomic mass is 9.79. The van der Waals surface area contributed by atoms with Crippen molar-refractivity contribution in [3.05, 3.63) is 28.8 Å². The molecule has 0 radical (unpaired) electrons. The molecule has 1 aliphatic rings. The van der Waals surface area contributed by atoms with E-state index in [2.05, 4.69) is 58.6 Å². The van der Waals surface area contributed by atoms with Crippen molar-refractivity contribution in [2.75, 3.05) is 52.4 Å². The fourth-order valence-corrected chi connectivity index (χ4v) is 4.10. The molecule has 1 aliphatic heterocycles. The Morgan fingerprint density at radius 2 is 1.18 bits per heavy atom. The number of hydrogen-bond donors (Lipinski definition) is 3. The summed E-state index contributed by atoms with van der Waals surface area (Å²) >= 11 is 0. The van der Waals surface area contributed by atoms with Crippen LogP contribution in [0.4, 0.5) is 0 Å². The fraction of sp³-hybridized carbons (Fsp3) is 0.680. The Hall–Kier alpha value is -2.16. The molecule has 1 aromatic carbocycles. The van der Waals surface area contributed by atoms with Crippen LogP contribution >= 0.6 is 0 Å².